The van der Waals surface area contributed by atoms with Gasteiger partial charge in [-0.1, -0.05) is 12.1 Å². The van der Waals surface area contributed by atoms with E-state index in [1.165, 1.54) is 12.1 Å². The third-order valence-electron chi connectivity index (χ3n) is 2.52. The van der Waals surface area contributed by atoms with E-state index in [1.807, 2.05) is 0 Å². The predicted octanol–water partition coefficient (Wildman–Crippen LogP) is -4.85. The van der Waals surface area contributed by atoms with Crippen molar-refractivity contribution in [1.82, 2.24) is 0 Å². The molecule has 7 nitrogen and oxygen atoms in total. The Morgan fingerprint density at radius 3 is 2.00 bits per heavy atom. The van der Waals surface area contributed by atoms with Crippen LogP contribution in [0.4, 0.5) is 5.69 Å². The number of fused-ring (bicyclic) bond motifs is 1. The van der Waals surface area contributed by atoms with Crippen LogP contribution in [0.1, 0.15) is 2.85 Å². The summed E-state index contributed by atoms with van der Waals surface area (Å²) in [5.74, 6) is 0. The van der Waals surface area contributed by atoms with Crippen molar-refractivity contribution in [3.8, 4) is 0 Å². The van der Waals surface area contributed by atoms with Gasteiger partial charge in [-0.25, -0.2) is 0 Å². The number of hydrogen-bond acceptors (Lipinski definition) is 5. The predicted molar refractivity (Wildman–Crippen MR) is 70.2 cm³/mol. The van der Waals surface area contributed by atoms with Crippen LogP contribution in [0.3, 0.4) is 0 Å². The number of hydrogen-bond donors (Lipinski definition) is 3. The molecule has 0 aliphatic heterocycles. The van der Waals surface area contributed by atoms with Crippen LogP contribution in [-0.4, -0.2) is 25.9 Å². The molecule has 106 valence electrons. The molecule has 0 atom stereocenters. The summed E-state index contributed by atoms with van der Waals surface area (Å²) in [5, 5.41) is 0.167. The zero-order valence-corrected chi connectivity index (χ0v) is 16.9. The van der Waals surface area contributed by atoms with Crippen molar-refractivity contribution < 1.29 is 87.9 Å². The molecule has 0 aliphatic carbocycles. The average Bonchev–Trinajstić information content (AvgIpc) is 2.25. The molecule has 0 aliphatic rings. The maximum absolute atomic E-state index is 11.2. The smallest absolute Gasteiger partial charge is 1.00 e. The first-order chi connectivity index (χ1) is 8.60. The van der Waals surface area contributed by atoms with Gasteiger partial charge in [-0.2, -0.15) is 16.8 Å². The first-order valence-electron chi connectivity index (χ1n) is 4.88. The monoisotopic (exact) mass is 351 g/mol. The molecule has 2 aromatic rings. The van der Waals surface area contributed by atoms with E-state index < -0.39 is 30.0 Å². The van der Waals surface area contributed by atoms with Gasteiger partial charge in [0.2, 0.25) is 0 Å². The Morgan fingerprint density at radius 2 is 1.52 bits per heavy atom. The first kappa shape index (κ1) is 21.3. The van der Waals surface area contributed by atoms with Crippen molar-refractivity contribution in [2.75, 3.05) is 5.73 Å². The molecule has 0 spiro atoms. The normalized spacial score (nSPS) is 11.5. The minimum Gasteiger partial charge on any atom is -1.00 e. The third kappa shape index (κ3) is 4.64. The molecule has 0 heterocycles. The molecular weight excluding hydrogens is 340 g/mol. The molecule has 4 N–H and O–H groups in total. The second-order valence-corrected chi connectivity index (χ2v) is 6.63. The summed E-state index contributed by atoms with van der Waals surface area (Å²) in [6.07, 6.45) is 0. The van der Waals surface area contributed by atoms with Gasteiger partial charge in [0.1, 0.15) is 4.90 Å². The van der Waals surface area contributed by atoms with Gasteiger partial charge < -0.3 is 8.59 Å². The standard InChI is InChI=1S/C10H9NO6S2.2Na.2H/c11-8-5-7(18(12,13)14)4-6-2-1-3-9(10(6)8)19(15,16)17;;;;/h1-5H,11H2,(H,12,13,14)(H,15,16,17);;;;/q;2*+1;2*-1. The van der Waals surface area contributed by atoms with Gasteiger partial charge in [0.15, 0.2) is 0 Å². The van der Waals surface area contributed by atoms with Crippen molar-refractivity contribution in [3.05, 3.63) is 30.3 Å². The van der Waals surface area contributed by atoms with Crippen molar-refractivity contribution in [1.29, 1.82) is 0 Å². The van der Waals surface area contributed by atoms with Crippen LogP contribution in [0.15, 0.2) is 40.1 Å². The summed E-state index contributed by atoms with van der Waals surface area (Å²) in [6.45, 7) is 0. The Hall–Kier alpha value is 0.320. The van der Waals surface area contributed by atoms with Crippen LogP contribution in [-0.2, 0) is 20.2 Å². The molecule has 0 amide bonds. The molecule has 0 bridgehead atoms. The molecule has 0 saturated heterocycles. The Morgan fingerprint density at radius 1 is 0.952 bits per heavy atom. The van der Waals surface area contributed by atoms with Crippen LogP contribution in [0.5, 0.6) is 0 Å². The van der Waals surface area contributed by atoms with E-state index in [2.05, 4.69) is 0 Å². The Labute approximate surface area is 169 Å². The quantitative estimate of drug-likeness (QED) is 0.281. The minimum absolute atomic E-state index is 0. The Bertz CT molecular complexity index is 890. The molecule has 21 heavy (non-hydrogen) atoms. The van der Waals surface area contributed by atoms with E-state index >= 15 is 0 Å². The number of rotatable bonds is 2. The largest absolute Gasteiger partial charge is 1.00 e. The average molecular weight is 351 g/mol. The molecule has 0 fully saturated rings. The van der Waals surface area contributed by atoms with Gasteiger partial charge in [-0.05, 0) is 23.6 Å². The van der Waals surface area contributed by atoms with E-state index in [1.54, 1.807) is 0 Å². The zero-order valence-electron chi connectivity index (χ0n) is 13.3. The molecule has 0 aromatic heterocycles. The molecule has 0 unspecified atom stereocenters. The number of benzene rings is 2. The molecule has 2 aromatic carbocycles. The fourth-order valence-electron chi connectivity index (χ4n) is 1.76. The second-order valence-electron chi connectivity index (χ2n) is 3.82. The van der Waals surface area contributed by atoms with Gasteiger partial charge in [0, 0.05) is 11.1 Å². The fraction of sp³-hybridized carbons (Fsp3) is 0. The summed E-state index contributed by atoms with van der Waals surface area (Å²) in [6, 6.07) is 5.86. The Kier molecular flexibility index (Phi) is 7.37. The topological polar surface area (TPSA) is 135 Å². The van der Waals surface area contributed by atoms with Crippen LogP contribution in [0.25, 0.3) is 10.8 Å². The van der Waals surface area contributed by atoms with Crippen molar-refractivity contribution in [3.63, 3.8) is 0 Å². The molecule has 2 rings (SSSR count). The maximum atomic E-state index is 11.2. The van der Waals surface area contributed by atoms with Gasteiger partial charge in [0.25, 0.3) is 20.2 Å². The summed E-state index contributed by atoms with van der Waals surface area (Å²) < 4.78 is 62.6. The van der Waals surface area contributed by atoms with E-state index in [0.29, 0.717) is 0 Å². The van der Waals surface area contributed by atoms with Crippen molar-refractivity contribution in [2.24, 2.45) is 0 Å². The van der Waals surface area contributed by atoms with E-state index in [0.717, 1.165) is 18.2 Å². The van der Waals surface area contributed by atoms with Gasteiger partial charge in [0.05, 0.1) is 4.90 Å². The summed E-state index contributed by atoms with van der Waals surface area (Å²) in [4.78, 5) is -0.880. The molecular formula is C10H11NNa2O6S2. The minimum atomic E-state index is -4.49. The summed E-state index contributed by atoms with van der Waals surface area (Å²) >= 11 is 0. The van der Waals surface area contributed by atoms with Gasteiger partial charge >= 0.3 is 59.1 Å². The van der Waals surface area contributed by atoms with Crippen LogP contribution in [0.2, 0.25) is 0 Å². The van der Waals surface area contributed by atoms with E-state index in [4.69, 9.17) is 14.8 Å². The number of nitrogens with two attached hydrogens (primary N) is 1. The first-order valence-corrected chi connectivity index (χ1v) is 7.76. The Balaban J connectivity index is -0.000001000. The van der Waals surface area contributed by atoms with E-state index in [-0.39, 0.29) is 78.4 Å². The van der Waals surface area contributed by atoms with Crippen molar-refractivity contribution >= 4 is 36.7 Å². The molecule has 0 radical (unpaired) electrons. The molecule has 0 saturated carbocycles. The van der Waals surface area contributed by atoms with Crippen LogP contribution < -0.4 is 64.8 Å². The second kappa shape index (κ2) is 7.26. The zero-order chi connectivity index (χ0) is 14.4. The molecule has 11 heteroatoms. The SMILES string of the molecule is Nc1cc(S(=O)(=O)O)cc2cccc(S(=O)(=O)O)c12.[H-].[H-].[Na+].[Na+]. The van der Waals surface area contributed by atoms with Gasteiger partial charge in [-0.3, -0.25) is 9.11 Å². The fourth-order valence-corrected chi connectivity index (χ4v) is 3.06. The van der Waals surface area contributed by atoms with Crippen molar-refractivity contribution in [2.45, 2.75) is 9.79 Å². The van der Waals surface area contributed by atoms with E-state index in [9.17, 15) is 16.8 Å². The number of anilines is 1. The summed E-state index contributed by atoms with van der Waals surface area (Å²) in [5.41, 5.74) is 5.42. The van der Waals surface area contributed by atoms with Crippen LogP contribution >= 0.6 is 0 Å². The third-order valence-corrected chi connectivity index (χ3v) is 4.25. The van der Waals surface area contributed by atoms with Gasteiger partial charge in [-0.15, -0.1) is 0 Å². The van der Waals surface area contributed by atoms with Crippen LogP contribution in [0, 0.1) is 0 Å². The number of nitrogen functional groups attached to an aromatic ring is 1. The maximum Gasteiger partial charge on any atom is 1.00 e. The summed E-state index contributed by atoms with van der Waals surface area (Å²) in [7, 11) is -8.95.